The van der Waals surface area contributed by atoms with E-state index in [0.29, 0.717) is 5.92 Å². The summed E-state index contributed by atoms with van der Waals surface area (Å²) >= 11 is 0. The van der Waals surface area contributed by atoms with Gasteiger partial charge in [0.15, 0.2) is 0 Å². The molecule has 1 aromatic rings. The lowest BCUT2D eigenvalue weighted by molar-refractivity contribution is 0.468. The normalized spacial score (nSPS) is 20.5. The highest BCUT2D eigenvalue weighted by Gasteiger charge is 2.15. The Hall–Kier alpha value is -1.16. The molecule has 0 aromatic carbocycles. The van der Waals surface area contributed by atoms with Crippen LogP contribution in [0.15, 0.2) is 18.0 Å². The molecule has 88 valence electrons. The van der Waals surface area contributed by atoms with E-state index in [-0.39, 0.29) is 6.04 Å². The Morgan fingerprint density at radius 3 is 3.00 bits per heavy atom. The topological polar surface area (TPSA) is 56.7 Å². The number of hydrogen-bond acceptors (Lipinski definition) is 3. The summed E-state index contributed by atoms with van der Waals surface area (Å²) in [5.41, 5.74) is 7.26. The van der Waals surface area contributed by atoms with Gasteiger partial charge in [0.1, 0.15) is 12.2 Å². The van der Waals surface area contributed by atoms with Crippen LogP contribution in [0.1, 0.15) is 32.5 Å². The van der Waals surface area contributed by atoms with E-state index in [1.54, 1.807) is 6.33 Å². The second kappa shape index (κ2) is 4.78. The molecular weight excluding hydrogens is 200 g/mol. The third-order valence-corrected chi connectivity index (χ3v) is 2.87. The molecule has 1 aliphatic carbocycles. The van der Waals surface area contributed by atoms with Crippen molar-refractivity contribution in [2.45, 2.75) is 45.7 Å². The van der Waals surface area contributed by atoms with Crippen LogP contribution in [0.2, 0.25) is 0 Å². The SMILES string of the molecule is CC(C)Cn1ncnc1CC1=CC(N)CC1. The van der Waals surface area contributed by atoms with Crippen LogP contribution < -0.4 is 5.73 Å². The molecule has 1 heterocycles. The first-order valence-corrected chi connectivity index (χ1v) is 5.97. The Kier molecular flexibility index (Phi) is 3.39. The number of nitrogens with two attached hydrogens (primary N) is 1. The fourth-order valence-electron chi connectivity index (χ4n) is 2.10. The van der Waals surface area contributed by atoms with Gasteiger partial charge in [0.2, 0.25) is 0 Å². The van der Waals surface area contributed by atoms with Crippen LogP contribution in [0.3, 0.4) is 0 Å². The molecule has 4 nitrogen and oxygen atoms in total. The van der Waals surface area contributed by atoms with Crippen molar-refractivity contribution in [1.29, 1.82) is 0 Å². The van der Waals surface area contributed by atoms with Gasteiger partial charge in [-0.3, -0.25) is 0 Å². The maximum atomic E-state index is 5.85. The van der Waals surface area contributed by atoms with Gasteiger partial charge in [0, 0.05) is 19.0 Å². The fraction of sp³-hybridized carbons (Fsp3) is 0.667. The van der Waals surface area contributed by atoms with Gasteiger partial charge in [-0.25, -0.2) is 9.67 Å². The van der Waals surface area contributed by atoms with Crippen LogP contribution in [-0.4, -0.2) is 20.8 Å². The zero-order valence-corrected chi connectivity index (χ0v) is 10.1. The third-order valence-electron chi connectivity index (χ3n) is 2.87. The number of hydrogen-bond donors (Lipinski definition) is 1. The average molecular weight is 220 g/mol. The molecule has 2 rings (SSSR count). The summed E-state index contributed by atoms with van der Waals surface area (Å²) in [6.45, 7) is 5.32. The van der Waals surface area contributed by atoms with Crippen LogP contribution in [-0.2, 0) is 13.0 Å². The molecule has 0 amide bonds. The van der Waals surface area contributed by atoms with E-state index in [4.69, 9.17) is 5.73 Å². The quantitative estimate of drug-likeness (QED) is 0.783. The Morgan fingerprint density at radius 1 is 1.56 bits per heavy atom. The predicted octanol–water partition coefficient (Wildman–Crippen LogP) is 1.52. The maximum Gasteiger partial charge on any atom is 0.138 e. The summed E-state index contributed by atoms with van der Waals surface area (Å²) in [6.07, 6.45) is 6.91. The molecule has 2 N–H and O–H groups in total. The van der Waals surface area contributed by atoms with Crippen molar-refractivity contribution in [3.63, 3.8) is 0 Å². The molecule has 0 saturated carbocycles. The summed E-state index contributed by atoms with van der Waals surface area (Å²) in [7, 11) is 0. The molecule has 1 aliphatic rings. The Balaban J connectivity index is 2.04. The van der Waals surface area contributed by atoms with Crippen molar-refractivity contribution >= 4 is 0 Å². The number of aromatic nitrogens is 3. The minimum atomic E-state index is 0.247. The van der Waals surface area contributed by atoms with Gasteiger partial charge >= 0.3 is 0 Å². The second-order valence-electron chi connectivity index (χ2n) is 4.96. The van der Waals surface area contributed by atoms with Gasteiger partial charge in [-0.2, -0.15) is 5.10 Å². The second-order valence-corrected chi connectivity index (χ2v) is 4.96. The summed E-state index contributed by atoms with van der Waals surface area (Å²) < 4.78 is 2.01. The van der Waals surface area contributed by atoms with Crippen molar-refractivity contribution in [2.24, 2.45) is 11.7 Å². The molecule has 0 aliphatic heterocycles. The van der Waals surface area contributed by atoms with Crippen LogP contribution in [0.5, 0.6) is 0 Å². The zero-order valence-electron chi connectivity index (χ0n) is 10.1. The highest BCUT2D eigenvalue weighted by Crippen LogP contribution is 2.20. The van der Waals surface area contributed by atoms with E-state index in [1.807, 2.05) is 4.68 Å². The smallest absolute Gasteiger partial charge is 0.138 e. The summed E-state index contributed by atoms with van der Waals surface area (Å²) in [5.74, 6) is 1.66. The van der Waals surface area contributed by atoms with Gasteiger partial charge in [0.05, 0.1) is 0 Å². The van der Waals surface area contributed by atoms with Crippen molar-refractivity contribution in [3.05, 3.63) is 23.8 Å². The van der Waals surface area contributed by atoms with Crippen LogP contribution in [0, 0.1) is 5.92 Å². The molecule has 0 saturated heterocycles. The summed E-state index contributed by atoms with van der Waals surface area (Å²) in [6, 6.07) is 0.247. The Morgan fingerprint density at radius 2 is 2.38 bits per heavy atom. The number of rotatable bonds is 4. The number of nitrogens with zero attached hydrogens (tertiary/aromatic N) is 3. The van der Waals surface area contributed by atoms with E-state index in [1.165, 1.54) is 5.57 Å². The molecular formula is C12H20N4. The lowest BCUT2D eigenvalue weighted by Crippen LogP contribution is -2.12. The third kappa shape index (κ3) is 2.70. The van der Waals surface area contributed by atoms with E-state index in [0.717, 1.165) is 31.6 Å². The highest BCUT2D eigenvalue weighted by molar-refractivity contribution is 5.17. The van der Waals surface area contributed by atoms with E-state index >= 15 is 0 Å². The van der Waals surface area contributed by atoms with Crippen LogP contribution >= 0.6 is 0 Å². The molecule has 0 spiro atoms. The van der Waals surface area contributed by atoms with Crippen molar-refractivity contribution < 1.29 is 0 Å². The Labute approximate surface area is 96.6 Å². The molecule has 0 radical (unpaired) electrons. The van der Waals surface area contributed by atoms with Gasteiger partial charge in [-0.1, -0.05) is 25.5 Å². The molecule has 1 aromatic heterocycles. The molecule has 0 bridgehead atoms. The van der Waals surface area contributed by atoms with Crippen molar-refractivity contribution in [3.8, 4) is 0 Å². The largest absolute Gasteiger partial charge is 0.324 e. The van der Waals surface area contributed by atoms with Gasteiger partial charge in [-0.15, -0.1) is 0 Å². The number of allylic oxidation sites excluding steroid dienone is 1. The monoisotopic (exact) mass is 220 g/mol. The van der Waals surface area contributed by atoms with E-state index in [2.05, 4.69) is 30.0 Å². The fourth-order valence-corrected chi connectivity index (χ4v) is 2.10. The molecule has 0 fully saturated rings. The molecule has 16 heavy (non-hydrogen) atoms. The van der Waals surface area contributed by atoms with Gasteiger partial charge in [-0.05, 0) is 18.8 Å². The van der Waals surface area contributed by atoms with E-state index in [9.17, 15) is 0 Å². The van der Waals surface area contributed by atoms with Crippen molar-refractivity contribution in [1.82, 2.24) is 14.8 Å². The molecule has 1 atom stereocenters. The molecule has 4 heteroatoms. The highest BCUT2D eigenvalue weighted by atomic mass is 15.3. The molecule has 1 unspecified atom stereocenters. The minimum Gasteiger partial charge on any atom is -0.324 e. The van der Waals surface area contributed by atoms with Gasteiger partial charge < -0.3 is 5.73 Å². The van der Waals surface area contributed by atoms with Gasteiger partial charge in [0.25, 0.3) is 0 Å². The first-order chi connectivity index (χ1) is 7.65. The lowest BCUT2D eigenvalue weighted by atomic mass is 10.1. The van der Waals surface area contributed by atoms with Crippen molar-refractivity contribution in [2.75, 3.05) is 0 Å². The first-order valence-electron chi connectivity index (χ1n) is 5.97. The standard InChI is InChI=1S/C12H20N4/c1-9(2)7-16-12(14-8-15-16)6-10-3-4-11(13)5-10/h5,8-9,11H,3-4,6-7,13H2,1-2H3. The summed E-state index contributed by atoms with van der Waals surface area (Å²) in [4.78, 5) is 4.33. The minimum absolute atomic E-state index is 0.247. The van der Waals surface area contributed by atoms with Crippen LogP contribution in [0.25, 0.3) is 0 Å². The van der Waals surface area contributed by atoms with Crippen LogP contribution in [0.4, 0.5) is 0 Å². The Bertz CT molecular complexity index is 378. The zero-order chi connectivity index (χ0) is 11.5. The average Bonchev–Trinajstić information content (AvgIpc) is 2.77. The van der Waals surface area contributed by atoms with E-state index < -0.39 is 0 Å². The maximum absolute atomic E-state index is 5.85. The lowest BCUT2D eigenvalue weighted by Gasteiger charge is -2.08. The first kappa shape index (κ1) is 11.3. The summed E-state index contributed by atoms with van der Waals surface area (Å²) in [5, 5.41) is 4.26. The predicted molar refractivity (Wildman–Crippen MR) is 63.9 cm³/mol.